The fourth-order valence-corrected chi connectivity index (χ4v) is 4.07. The van der Waals surface area contributed by atoms with E-state index in [1.54, 1.807) is 4.90 Å². The number of ether oxygens (including phenoxy) is 2. The van der Waals surface area contributed by atoms with Gasteiger partial charge in [0.05, 0.1) is 0 Å². The summed E-state index contributed by atoms with van der Waals surface area (Å²) < 4.78 is 11.0. The molecule has 31 heavy (non-hydrogen) atoms. The molecule has 0 N–H and O–H groups in total. The number of hydrogen-bond donors (Lipinski definition) is 0. The van der Waals surface area contributed by atoms with Gasteiger partial charge in [-0.2, -0.15) is 0 Å². The summed E-state index contributed by atoms with van der Waals surface area (Å²) in [5.74, 6) is 0.482. The predicted molar refractivity (Wildman–Crippen MR) is 122 cm³/mol. The van der Waals surface area contributed by atoms with E-state index in [-0.39, 0.29) is 12.2 Å². The summed E-state index contributed by atoms with van der Waals surface area (Å²) in [5, 5.41) is 0. The van der Waals surface area contributed by atoms with Gasteiger partial charge in [-0.1, -0.05) is 0 Å². The zero-order valence-electron chi connectivity index (χ0n) is 20.8. The van der Waals surface area contributed by atoms with Gasteiger partial charge in [0.2, 0.25) is 0 Å². The fourth-order valence-electron chi connectivity index (χ4n) is 4.07. The number of carbonyl (C=O) groups excluding carboxylic acids is 2. The highest BCUT2D eigenvalue weighted by atomic mass is 16.6. The van der Waals surface area contributed by atoms with E-state index in [0.29, 0.717) is 5.92 Å². The second-order valence-corrected chi connectivity index (χ2v) is 11.0. The summed E-state index contributed by atoms with van der Waals surface area (Å²) in [5.41, 5.74) is -0.909. The molecule has 2 rings (SSSR count). The quantitative estimate of drug-likeness (QED) is 0.654. The van der Waals surface area contributed by atoms with Gasteiger partial charge in [-0.25, -0.2) is 9.59 Å². The summed E-state index contributed by atoms with van der Waals surface area (Å²) >= 11 is 0. The Balaban J connectivity index is 1.69. The van der Waals surface area contributed by atoms with E-state index in [9.17, 15) is 9.59 Å². The van der Waals surface area contributed by atoms with Gasteiger partial charge in [0.1, 0.15) is 11.2 Å². The number of piperidine rings is 1. The lowest BCUT2D eigenvalue weighted by Gasteiger charge is -2.38. The van der Waals surface area contributed by atoms with Crippen molar-refractivity contribution in [3.05, 3.63) is 0 Å². The molecule has 0 spiro atoms. The van der Waals surface area contributed by atoms with Gasteiger partial charge in [-0.15, -0.1) is 0 Å². The van der Waals surface area contributed by atoms with Crippen molar-refractivity contribution in [3.8, 4) is 0 Å². The van der Waals surface area contributed by atoms with E-state index >= 15 is 0 Å². The number of likely N-dealkylation sites (tertiary alicyclic amines) is 1. The Morgan fingerprint density at radius 3 is 2.03 bits per heavy atom. The van der Waals surface area contributed by atoms with Crippen molar-refractivity contribution in [3.63, 3.8) is 0 Å². The summed E-state index contributed by atoms with van der Waals surface area (Å²) in [6, 6.07) is 0. The standard InChI is InChI=1S/C23H44N4O4/c1-22(2,3)30-20(28)24(7)17-19-9-8-10-26(18-19)12-11-25-13-15-27(16-14-25)21(29)31-23(4,5)6/h19H,8-18H2,1-7H3. The maximum absolute atomic E-state index is 12.2. The van der Waals surface area contributed by atoms with Crippen molar-refractivity contribution in [2.75, 3.05) is 66.0 Å². The lowest BCUT2D eigenvalue weighted by molar-refractivity contribution is 0.0133. The molecule has 0 saturated carbocycles. The number of carbonyl (C=O) groups is 2. The first-order chi connectivity index (χ1) is 14.3. The molecule has 2 heterocycles. The van der Waals surface area contributed by atoms with Crippen molar-refractivity contribution < 1.29 is 19.1 Å². The minimum atomic E-state index is -0.461. The second-order valence-electron chi connectivity index (χ2n) is 11.0. The van der Waals surface area contributed by atoms with Crippen LogP contribution in [0, 0.1) is 5.92 Å². The molecule has 0 aliphatic carbocycles. The molecule has 8 heteroatoms. The van der Waals surface area contributed by atoms with Crippen molar-refractivity contribution >= 4 is 12.2 Å². The Kier molecular flexibility index (Phi) is 9.01. The van der Waals surface area contributed by atoms with Crippen LogP contribution in [0.25, 0.3) is 0 Å². The Labute approximate surface area is 188 Å². The summed E-state index contributed by atoms with van der Waals surface area (Å²) in [4.78, 5) is 32.9. The molecule has 0 radical (unpaired) electrons. The first-order valence-electron chi connectivity index (χ1n) is 11.7. The van der Waals surface area contributed by atoms with Gasteiger partial charge in [0.15, 0.2) is 0 Å². The van der Waals surface area contributed by atoms with Crippen LogP contribution in [-0.4, -0.2) is 109 Å². The van der Waals surface area contributed by atoms with E-state index in [2.05, 4.69) is 9.80 Å². The van der Waals surface area contributed by atoms with Gasteiger partial charge in [-0.05, 0) is 66.8 Å². The topological polar surface area (TPSA) is 65.6 Å². The number of amides is 2. The number of hydrogen-bond acceptors (Lipinski definition) is 6. The normalized spacial score (nSPS) is 21.6. The van der Waals surface area contributed by atoms with Crippen LogP contribution < -0.4 is 0 Å². The molecule has 180 valence electrons. The first-order valence-corrected chi connectivity index (χ1v) is 11.7. The van der Waals surface area contributed by atoms with Gasteiger partial charge < -0.3 is 24.2 Å². The third kappa shape index (κ3) is 9.64. The van der Waals surface area contributed by atoms with Gasteiger partial charge in [0, 0.05) is 59.4 Å². The van der Waals surface area contributed by atoms with Crippen LogP contribution in [0.3, 0.4) is 0 Å². The van der Waals surface area contributed by atoms with Crippen LogP contribution in [0.1, 0.15) is 54.4 Å². The third-order valence-corrected chi connectivity index (χ3v) is 5.60. The van der Waals surface area contributed by atoms with Crippen LogP contribution in [0.5, 0.6) is 0 Å². The smallest absolute Gasteiger partial charge is 0.410 e. The molecule has 2 amide bonds. The zero-order chi connectivity index (χ0) is 23.2. The average Bonchev–Trinajstić information content (AvgIpc) is 2.64. The molecule has 2 fully saturated rings. The fraction of sp³-hybridized carbons (Fsp3) is 0.913. The Bertz CT molecular complexity index is 591. The molecule has 0 aromatic rings. The molecule has 1 unspecified atom stereocenters. The number of rotatable bonds is 5. The summed E-state index contributed by atoms with van der Waals surface area (Å²) in [6.45, 7) is 19.5. The third-order valence-electron chi connectivity index (χ3n) is 5.60. The van der Waals surface area contributed by atoms with Gasteiger partial charge in [0.25, 0.3) is 0 Å². The molecule has 2 saturated heterocycles. The monoisotopic (exact) mass is 440 g/mol. The molecule has 0 aromatic carbocycles. The SMILES string of the molecule is CN(CC1CCCN(CCN2CCN(C(=O)OC(C)(C)C)CC2)C1)C(=O)OC(C)(C)C. The molecule has 2 aliphatic heterocycles. The molecule has 1 atom stereocenters. The highest BCUT2D eigenvalue weighted by molar-refractivity contribution is 5.68. The van der Waals surface area contributed by atoms with E-state index in [4.69, 9.17) is 9.47 Å². The molecular weight excluding hydrogens is 396 g/mol. The minimum Gasteiger partial charge on any atom is -0.444 e. The number of piperazine rings is 1. The predicted octanol–water partition coefficient (Wildman–Crippen LogP) is 3.12. The van der Waals surface area contributed by atoms with Crippen molar-refractivity contribution in [2.24, 2.45) is 5.92 Å². The maximum Gasteiger partial charge on any atom is 0.410 e. The summed E-state index contributed by atoms with van der Waals surface area (Å²) in [6.07, 6.45) is 1.87. The Morgan fingerprint density at radius 2 is 1.45 bits per heavy atom. The number of nitrogens with zero attached hydrogens (tertiary/aromatic N) is 4. The highest BCUT2D eigenvalue weighted by Gasteiger charge is 2.28. The molecule has 0 bridgehead atoms. The average molecular weight is 441 g/mol. The summed E-state index contributed by atoms with van der Waals surface area (Å²) in [7, 11) is 1.83. The Morgan fingerprint density at radius 1 is 0.871 bits per heavy atom. The second kappa shape index (κ2) is 10.9. The maximum atomic E-state index is 12.2. The molecule has 0 aromatic heterocycles. The highest BCUT2D eigenvalue weighted by Crippen LogP contribution is 2.19. The van der Waals surface area contributed by atoms with Crippen molar-refractivity contribution in [2.45, 2.75) is 65.6 Å². The minimum absolute atomic E-state index is 0.208. The van der Waals surface area contributed by atoms with Crippen molar-refractivity contribution in [1.29, 1.82) is 0 Å². The van der Waals surface area contributed by atoms with E-state index in [1.807, 2.05) is 53.5 Å². The van der Waals surface area contributed by atoms with E-state index < -0.39 is 11.2 Å². The lowest BCUT2D eigenvalue weighted by atomic mass is 9.97. The molecule has 8 nitrogen and oxygen atoms in total. The van der Waals surface area contributed by atoms with E-state index in [1.165, 1.54) is 6.42 Å². The van der Waals surface area contributed by atoms with Gasteiger partial charge >= 0.3 is 12.2 Å². The lowest BCUT2D eigenvalue weighted by Crippen LogP contribution is -2.52. The van der Waals surface area contributed by atoms with Crippen LogP contribution >= 0.6 is 0 Å². The largest absolute Gasteiger partial charge is 0.444 e. The molecular formula is C23H44N4O4. The van der Waals surface area contributed by atoms with Crippen LogP contribution in [0.4, 0.5) is 9.59 Å². The van der Waals surface area contributed by atoms with Crippen LogP contribution in [0.15, 0.2) is 0 Å². The van der Waals surface area contributed by atoms with Crippen molar-refractivity contribution in [1.82, 2.24) is 19.6 Å². The van der Waals surface area contributed by atoms with Crippen LogP contribution in [-0.2, 0) is 9.47 Å². The van der Waals surface area contributed by atoms with Gasteiger partial charge in [-0.3, -0.25) is 4.90 Å². The van der Waals surface area contributed by atoms with Crippen LogP contribution in [0.2, 0.25) is 0 Å². The Hall–Kier alpha value is -1.54. The van der Waals surface area contributed by atoms with E-state index in [0.717, 1.165) is 65.3 Å². The zero-order valence-corrected chi connectivity index (χ0v) is 20.8. The molecule has 2 aliphatic rings. The first kappa shape index (κ1) is 25.7.